The highest BCUT2D eigenvalue weighted by Gasteiger charge is 2.30. The summed E-state index contributed by atoms with van der Waals surface area (Å²) in [6.45, 7) is 0. The minimum Gasteiger partial charge on any atom is -0.384 e. The predicted molar refractivity (Wildman–Crippen MR) is 53.5 cm³/mol. The topological polar surface area (TPSA) is 72.1 Å². The number of carbonyl (C=O) groups excluding carboxylic acids is 2. The summed E-state index contributed by atoms with van der Waals surface area (Å²) in [4.78, 5) is 22.7. The van der Waals surface area contributed by atoms with Crippen LogP contribution in [0.2, 0.25) is 0 Å². The van der Waals surface area contributed by atoms with Crippen LogP contribution in [0.25, 0.3) is 10.9 Å². The van der Waals surface area contributed by atoms with Crippen LogP contribution in [-0.4, -0.2) is 22.1 Å². The first-order chi connectivity index (χ1) is 7.18. The summed E-state index contributed by atoms with van der Waals surface area (Å²) in [5.74, 6) is -1.34. The maximum absolute atomic E-state index is 11.4. The molecule has 0 saturated carbocycles. The van der Waals surface area contributed by atoms with Gasteiger partial charge in [0.05, 0.1) is 16.5 Å². The minimum atomic E-state index is -0.711. The number of cyclic esters (lactones) is 2. The highest BCUT2D eigenvalue weighted by molar-refractivity contribution is 9.10. The Hall–Kier alpha value is -1.69. The van der Waals surface area contributed by atoms with E-state index < -0.39 is 11.9 Å². The molecule has 2 aromatic rings. The maximum atomic E-state index is 11.4. The fourth-order valence-corrected chi connectivity index (χ4v) is 2.02. The van der Waals surface area contributed by atoms with Crippen molar-refractivity contribution < 1.29 is 14.3 Å². The van der Waals surface area contributed by atoms with Crippen LogP contribution in [0.1, 0.15) is 20.8 Å². The first-order valence-corrected chi connectivity index (χ1v) is 4.91. The van der Waals surface area contributed by atoms with Gasteiger partial charge in [0.15, 0.2) is 5.69 Å². The van der Waals surface area contributed by atoms with Gasteiger partial charge in [0.2, 0.25) is 0 Å². The van der Waals surface area contributed by atoms with Crippen molar-refractivity contribution in [2.75, 3.05) is 0 Å². The number of hydrogen-bond acceptors (Lipinski definition) is 4. The Labute approximate surface area is 91.5 Å². The van der Waals surface area contributed by atoms with Gasteiger partial charge in [-0.3, -0.25) is 5.10 Å². The quantitative estimate of drug-likeness (QED) is 0.581. The number of ether oxygens (including phenoxy) is 1. The van der Waals surface area contributed by atoms with Crippen molar-refractivity contribution in [2.45, 2.75) is 0 Å². The molecule has 0 fully saturated rings. The van der Waals surface area contributed by atoms with E-state index in [1.54, 1.807) is 12.1 Å². The van der Waals surface area contributed by atoms with Crippen LogP contribution >= 0.6 is 15.9 Å². The van der Waals surface area contributed by atoms with Gasteiger partial charge < -0.3 is 4.74 Å². The Morgan fingerprint density at radius 2 is 2.07 bits per heavy atom. The average molecular weight is 267 g/mol. The lowest BCUT2D eigenvalue weighted by atomic mass is 10.1. The van der Waals surface area contributed by atoms with Crippen LogP contribution in [0.15, 0.2) is 16.6 Å². The summed E-state index contributed by atoms with van der Waals surface area (Å²) in [6.07, 6.45) is 0. The average Bonchev–Trinajstić information content (AvgIpc) is 2.62. The number of halogens is 1. The van der Waals surface area contributed by atoms with E-state index in [1.165, 1.54) is 0 Å². The molecule has 0 amide bonds. The van der Waals surface area contributed by atoms with Crippen molar-refractivity contribution in [2.24, 2.45) is 0 Å². The van der Waals surface area contributed by atoms with Crippen molar-refractivity contribution in [1.29, 1.82) is 0 Å². The van der Waals surface area contributed by atoms with Crippen molar-refractivity contribution in [3.05, 3.63) is 27.9 Å². The van der Waals surface area contributed by atoms with Crippen LogP contribution in [0.5, 0.6) is 0 Å². The molecule has 6 heteroatoms. The predicted octanol–water partition coefficient (Wildman–Crippen LogP) is 1.64. The first kappa shape index (κ1) is 8.60. The maximum Gasteiger partial charge on any atom is 0.367 e. The molecular weight excluding hydrogens is 264 g/mol. The molecule has 0 unspecified atom stereocenters. The van der Waals surface area contributed by atoms with E-state index in [0.717, 1.165) is 4.47 Å². The van der Waals surface area contributed by atoms with Gasteiger partial charge in [-0.25, -0.2) is 9.59 Å². The van der Waals surface area contributed by atoms with E-state index in [9.17, 15) is 9.59 Å². The number of benzene rings is 1. The second-order valence-electron chi connectivity index (χ2n) is 3.09. The molecule has 1 aromatic heterocycles. The number of rotatable bonds is 0. The molecule has 3 rings (SSSR count). The fourth-order valence-electron chi connectivity index (χ4n) is 1.61. The number of nitrogens with zero attached hydrogens (tertiary/aromatic N) is 1. The molecule has 0 aliphatic carbocycles. The Kier molecular flexibility index (Phi) is 1.53. The largest absolute Gasteiger partial charge is 0.384 e. The zero-order valence-corrected chi connectivity index (χ0v) is 8.79. The lowest BCUT2D eigenvalue weighted by molar-refractivity contribution is 0.0387. The molecule has 0 saturated heterocycles. The molecular formula is C9H3BrN2O3. The molecule has 1 aromatic carbocycles. The van der Waals surface area contributed by atoms with E-state index in [-0.39, 0.29) is 5.69 Å². The Bertz CT molecular complexity index is 617. The summed E-state index contributed by atoms with van der Waals surface area (Å²) >= 11 is 3.30. The highest BCUT2D eigenvalue weighted by Crippen LogP contribution is 2.31. The smallest absolute Gasteiger partial charge is 0.367 e. The van der Waals surface area contributed by atoms with E-state index in [4.69, 9.17) is 0 Å². The van der Waals surface area contributed by atoms with E-state index in [0.29, 0.717) is 16.5 Å². The number of aromatic amines is 1. The lowest BCUT2D eigenvalue weighted by Crippen LogP contribution is -2.18. The second-order valence-corrected chi connectivity index (χ2v) is 3.95. The van der Waals surface area contributed by atoms with Crippen LogP contribution < -0.4 is 0 Å². The second kappa shape index (κ2) is 2.66. The summed E-state index contributed by atoms with van der Waals surface area (Å²) in [5, 5.41) is 7.03. The Morgan fingerprint density at radius 3 is 2.87 bits per heavy atom. The molecule has 0 spiro atoms. The van der Waals surface area contributed by atoms with E-state index in [2.05, 4.69) is 30.9 Å². The highest BCUT2D eigenvalue weighted by atomic mass is 79.9. The van der Waals surface area contributed by atoms with Crippen molar-refractivity contribution in [1.82, 2.24) is 10.2 Å². The molecule has 2 heterocycles. The van der Waals surface area contributed by atoms with Gasteiger partial charge in [-0.2, -0.15) is 5.10 Å². The summed E-state index contributed by atoms with van der Waals surface area (Å²) in [6, 6.07) is 3.30. The third kappa shape index (κ3) is 0.992. The summed E-state index contributed by atoms with van der Waals surface area (Å²) < 4.78 is 5.28. The zero-order chi connectivity index (χ0) is 10.6. The molecule has 1 aliphatic rings. The number of esters is 2. The van der Waals surface area contributed by atoms with Gasteiger partial charge in [0.1, 0.15) is 0 Å². The molecule has 0 bridgehead atoms. The molecule has 1 N–H and O–H groups in total. The van der Waals surface area contributed by atoms with Gasteiger partial charge in [-0.05, 0) is 28.1 Å². The monoisotopic (exact) mass is 266 g/mol. The molecule has 5 nitrogen and oxygen atoms in total. The third-order valence-corrected chi connectivity index (χ3v) is 2.93. The molecule has 15 heavy (non-hydrogen) atoms. The fraction of sp³-hybridized carbons (Fsp3) is 0. The summed E-state index contributed by atoms with van der Waals surface area (Å²) in [7, 11) is 0. The third-order valence-electron chi connectivity index (χ3n) is 2.27. The van der Waals surface area contributed by atoms with Gasteiger partial charge in [0, 0.05) is 4.47 Å². The molecule has 74 valence electrons. The van der Waals surface area contributed by atoms with Crippen LogP contribution in [0, 0.1) is 0 Å². The number of nitrogens with one attached hydrogen (secondary N) is 1. The van der Waals surface area contributed by atoms with Crippen molar-refractivity contribution >= 4 is 38.8 Å². The standard InChI is InChI=1S/C9H3BrN2O3/c10-4-2-1-3-5-6(4)11-12-7(5)9(14)15-8(3)13/h1-2H,(H,11,12). The Morgan fingerprint density at radius 1 is 1.27 bits per heavy atom. The van der Waals surface area contributed by atoms with Gasteiger partial charge >= 0.3 is 11.9 Å². The van der Waals surface area contributed by atoms with Gasteiger partial charge in [-0.1, -0.05) is 0 Å². The van der Waals surface area contributed by atoms with Crippen molar-refractivity contribution in [3.63, 3.8) is 0 Å². The first-order valence-electron chi connectivity index (χ1n) is 4.11. The molecule has 0 radical (unpaired) electrons. The van der Waals surface area contributed by atoms with Crippen LogP contribution in [-0.2, 0) is 4.74 Å². The molecule has 0 atom stereocenters. The van der Waals surface area contributed by atoms with E-state index >= 15 is 0 Å². The normalized spacial score (nSPS) is 14.5. The van der Waals surface area contributed by atoms with Crippen LogP contribution in [0.4, 0.5) is 0 Å². The lowest BCUT2D eigenvalue weighted by Gasteiger charge is -2.09. The van der Waals surface area contributed by atoms with Crippen molar-refractivity contribution in [3.8, 4) is 0 Å². The number of aromatic nitrogens is 2. The Balaban J connectivity index is 2.55. The zero-order valence-electron chi connectivity index (χ0n) is 7.20. The minimum absolute atomic E-state index is 0.154. The van der Waals surface area contributed by atoms with E-state index in [1.807, 2.05) is 0 Å². The summed E-state index contributed by atoms with van der Waals surface area (Å²) in [5.41, 5.74) is 1.14. The van der Waals surface area contributed by atoms with Gasteiger partial charge in [0.25, 0.3) is 0 Å². The van der Waals surface area contributed by atoms with Gasteiger partial charge in [-0.15, -0.1) is 0 Å². The number of H-pyrrole nitrogens is 1. The SMILES string of the molecule is O=C1OC(=O)c2n[nH]c3c(Br)ccc1c23. The number of carbonyl (C=O) groups is 2. The van der Waals surface area contributed by atoms with Crippen LogP contribution in [0.3, 0.4) is 0 Å². The molecule has 1 aliphatic heterocycles. The number of hydrogen-bond donors (Lipinski definition) is 1.